The Morgan fingerprint density at radius 3 is 2.61 bits per heavy atom. The van der Waals surface area contributed by atoms with Gasteiger partial charge < -0.3 is 15.6 Å². The van der Waals surface area contributed by atoms with Crippen molar-refractivity contribution < 1.29 is 25.2 Å². The number of carbonyl (C=O) groups is 1. The Hall–Kier alpha value is -1.88. The number of nitrogens with zero attached hydrogens (tertiary/aromatic N) is 1. The van der Waals surface area contributed by atoms with Crippen LogP contribution in [0.25, 0.3) is 0 Å². The maximum Gasteiger partial charge on any atom is 0.200 e. The third-order valence-corrected chi connectivity index (χ3v) is 2.56. The molecule has 0 saturated heterocycles. The number of hydrogen-bond donors (Lipinski definition) is 1. The van der Waals surface area contributed by atoms with Gasteiger partial charge in [0.15, 0.2) is 7.05 Å². The standard InChI is InChI=1S/C13H17N2O3/c1-15(18-2)8-7-10-3-5-11(6-4-10)9-12(14)13(16)17/h3-8,12H,9,14H2,1-2H3/p+1/b15-8+. The fourth-order valence-electron chi connectivity index (χ4n) is 1.38. The lowest BCUT2D eigenvalue weighted by Crippen LogP contribution is -2.69. The summed E-state index contributed by atoms with van der Waals surface area (Å²) in [5.41, 5.74) is 5.46. The third-order valence-electron chi connectivity index (χ3n) is 2.56. The molecule has 0 saturated carbocycles. The molecule has 0 amide bonds. The molecule has 0 fully saturated rings. The molecule has 5 nitrogen and oxygen atoms in total. The van der Waals surface area contributed by atoms with E-state index in [-0.39, 0.29) is 0 Å². The number of hydroxylamine groups is 1. The van der Waals surface area contributed by atoms with Crippen LogP contribution in [0.4, 0.5) is 0 Å². The zero-order valence-corrected chi connectivity index (χ0v) is 10.6. The second kappa shape index (κ2) is 6.76. The van der Waals surface area contributed by atoms with E-state index < -0.39 is 12.0 Å². The van der Waals surface area contributed by atoms with Gasteiger partial charge in [-0.15, -0.1) is 0 Å². The van der Waals surface area contributed by atoms with E-state index in [0.29, 0.717) is 6.42 Å². The summed E-state index contributed by atoms with van der Waals surface area (Å²) < 4.78 is 1.58. The normalized spacial score (nSPS) is 13.2. The van der Waals surface area contributed by atoms with Gasteiger partial charge >= 0.3 is 0 Å². The molecule has 5 heteroatoms. The first-order valence-corrected chi connectivity index (χ1v) is 5.61. The Morgan fingerprint density at radius 2 is 2.11 bits per heavy atom. The monoisotopic (exact) mass is 250 g/mol. The molecule has 1 aromatic carbocycles. The van der Waals surface area contributed by atoms with Crippen molar-refractivity contribution in [2.24, 2.45) is 0 Å². The summed E-state index contributed by atoms with van der Waals surface area (Å²) in [6.45, 7) is 0. The van der Waals surface area contributed by atoms with Crippen LogP contribution in [0.3, 0.4) is 0 Å². The maximum atomic E-state index is 10.6. The number of quaternary nitrogens is 1. The van der Waals surface area contributed by atoms with Crippen LogP contribution in [0, 0.1) is 6.42 Å². The Labute approximate surface area is 106 Å². The van der Waals surface area contributed by atoms with E-state index in [2.05, 4.69) is 5.73 Å². The minimum atomic E-state index is -1.12. The van der Waals surface area contributed by atoms with Crippen molar-refractivity contribution in [3.05, 3.63) is 41.8 Å². The van der Waals surface area contributed by atoms with Gasteiger partial charge in [0.05, 0.1) is 12.4 Å². The zero-order chi connectivity index (χ0) is 13.5. The Bertz CT molecular complexity index is 426. The molecule has 0 aliphatic carbocycles. The number of carbonyl (C=O) groups excluding carboxylic acids is 1. The van der Waals surface area contributed by atoms with E-state index in [9.17, 15) is 9.90 Å². The number of benzene rings is 1. The lowest BCUT2D eigenvalue weighted by atomic mass is 10.0. The van der Waals surface area contributed by atoms with E-state index in [0.717, 1.165) is 11.1 Å². The smallest absolute Gasteiger partial charge is 0.200 e. The van der Waals surface area contributed by atoms with Crippen LogP contribution >= 0.6 is 0 Å². The van der Waals surface area contributed by atoms with Crippen LogP contribution in [0.5, 0.6) is 0 Å². The second-order valence-electron chi connectivity index (χ2n) is 4.01. The number of carboxylic acids is 1. The molecule has 3 N–H and O–H groups in total. The fraction of sp³-hybridized carbons (Fsp3) is 0.308. The van der Waals surface area contributed by atoms with Gasteiger partial charge in [0.2, 0.25) is 6.21 Å². The van der Waals surface area contributed by atoms with Crippen LogP contribution in [-0.2, 0) is 16.1 Å². The predicted molar refractivity (Wildman–Crippen MR) is 64.5 cm³/mol. The molecule has 18 heavy (non-hydrogen) atoms. The largest absolute Gasteiger partial charge is 0.544 e. The van der Waals surface area contributed by atoms with E-state index >= 15 is 0 Å². The summed E-state index contributed by atoms with van der Waals surface area (Å²) in [7, 11) is 3.37. The lowest BCUT2D eigenvalue weighted by Gasteiger charge is -2.09. The average Bonchev–Trinajstić information content (AvgIpc) is 2.37. The van der Waals surface area contributed by atoms with Gasteiger partial charge in [0.1, 0.15) is 13.2 Å². The predicted octanol–water partition coefficient (Wildman–Crippen LogP) is -1.58. The van der Waals surface area contributed by atoms with Crippen molar-refractivity contribution in [3.63, 3.8) is 0 Å². The first-order chi connectivity index (χ1) is 8.52. The SMILES string of the molecule is CO/[N+](C)=C/[CH]c1ccc(CC([NH3+])C(=O)[O-])cc1. The van der Waals surface area contributed by atoms with Gasteiger partial charge in [0, 0.05) is 6.42 Å². The van der Waals surface area contributed by atoms with Crippen LogP contribution in [0.1, 0.15) is 11.1 Å². The highest BCUT2D eigenvalue weighted by Gasteiger charge is 2.08. The molecular formula is C13H18N2O3+. The molecule has 1 radical (unpaired) electrons. The van der Waals surface area contributed by atoms with Crippen LogP contribution in [-0.4, -0.2) is 37.1 Å². The van der Waals surface area contributed by atoms with Crippen molar-refractivity contribution in [3.8, 4) is 0 Å². The second-order valence-corrected chi connectivity index (χ2v) is 4.01. The number of carboxylic acid groups (broad SMARTS) is 1. The third kappa shape index (κ3) is 4.55. The highest BCUT2D eigenvalue weighted by molar-refractivity contribution is 5.70. The van der Waals surface area contributed by atoms with Crippen molar-refractivity contribution >= 4 is 12.2 Å². The van der Waals surface area contributed by atoms with Gasteiger partial charge in [-0.3, -0.25) is 4.84 Å². The molecule has 0 spiro atoms. The quantitative estimate of drug-likeness (QED) is 0.376. The molecule has 1 atom stereocenters. The summed E-state index contributed by atoms with van der Waals surface area (Å²) in [6.07, 6.45) is 4.07. The summed E-state index contributed by atoms with van der Waals surface area (Å²) in [5.74, 6) is -1.12. The highest BCUT2D eigenvalue weighted by Crippen LogP contribution is 2.07. The van der Waals surface area contributed by atoms with Crippen molar-refractivity contribution in [1.82, 2.24) is 0 Å². The Morgan fingerprint density at radius 1 is 1.50 bits per heavy atom. The average molecular weight is 250 g/mol. The van der Waals surface area contributed by atoms with E-state index in [4.69, 9.17) is 4.84 Å². The molecular weight excluding hydrogens is 232 g/mol. The first-order valence-electron chi connectivity index (χ1n) is 5.61. The fourth-order valence-corrected chi connectivity index (χ4v) is 1.38. The van der Waals surface area contributed by atoms with Crippen molar-refractivity contribution in [2.45, 2.75) is 12.5 Å². The van der Waals surface area contributed by atoms with Crippen LogP contribution in [0.15, 0.2) is 24.3 Å². The topological polar surface area (TPSA) is 80.0 Å². The van der Waals surface area contributed by atoms with Gasteiger partial charge in [0.25, 0.3) is 0 Å². The summed E-state index contributed by atoms with van der Waals surface area (Å²) in [4.78, 5) is 15.5. The van der Waals surface area contributed by atoms with E-state index in [1.165, 1.54) is 0 Å². The van der Waals surface area contributed by atoms with Crippen molar-refractivity contribution in [1.29, 1.82) is 0 Å². The summed E-state index contributed by atoms with van der Waals surface area (Å²) in [6, 6.07) is 6.88. The van der Waals surface area contributed by atoms with Gasteiger partial charge in [-0.25, -0.2) is 0 Å². The van der Waals surface area contributed by atoms with Crippen LogP contribution < -0.4 is 10.8 Å². The van der Waals surface area contributed by atoms with E-state index in [1.807, 2.05) is 30.7 Å². The molecule has 1 aromatic rings. The molecule has 1 rings (SSSR count). The van der Waals surface area contributed by atoms with Gasteiger partial charge in [-0.05, 0) is 15.9 Å². The molecule has 0 aliphatic heterocycles. The molecule has 0 aliphatic rings. The number of aliphatic carboxylic acids is 1. The summed E-state index contributed by atoms with van der Waals surface area (Å²) >= 11 is 0. The zero-order valence-electron chi connectivity index (χ0n) is 10.6. The molecule has 97 valence electrons. The van der Waals surface area contributed by atoms with Gasteiger partial charge in [-0.2, -0.15) is 0 Å². The lowest BCUT2D eigenvalue weighted by molar-refractivity contribution is -0.757. The number of hydrogen-bond acceptors (Lipinski definition) is 3. The maximum absolute atomic E-state index is 10.6. The van der Waals surface area contributed by atoms with Crippen molar-refractivity contribution in [2.75, 3.05) is 14.2 Å². The van der Waals surface area contributed by atoms with E-state index in [1.54, 1.807) is 25.1 Å². The Kier molecular flexibility index (Phi) is 5.32. The van der Waals surface area contributed by atoms with Gasteiger partial charge in [-0.1, -0.05) is 24.3 Å². The number of rotatable bonds is 6. The minimum Gasteiger partial charge on any atom is -0.544 e. The first kappa shape index (κ1) is 14.2. The minimum absolute atomic E-state index is 0.379. The molecule has 0 heterocycles. The molecule has 0 bridgehead atoms. The molecule has 1 unspecified atom stereocenters. The molecule has 0 aromatic heterocycles. The summed E-state index contributed by atoms with van der Waals surface area (Å²) in [5, 5.41) is 10.6. The highest BCUT2D eigenvalue weighted by atomic mass is 16.6. The van der Waals surface area contributed by atoms with Crippen LogP contribution in [0.2, 0.25) is 0 Å². The Balaban J connectivity index is 2.60.